The normalized spacial score (nSPS) is 20.4. The minimum Gasteiger partial charge on any atom is -0.316 e. The van der Waals surface area contributed by atoms with Crippen LogP contribution in [0.25, 0.3) is 0 Å². The van der Waals surface area contributed by atoms with Gasteiger partial charge in [-0.25, -0.2) is 0 Å². The third-order valence-corrected chi connectivity index (χ3v) is 3.67. The lowest BCUT2D eigenvalue weighted by Gasteiger charge is -2.22. The first-order chi connectivity index (χ1) is 8.34. The van der Waals surface area contributed by atoms with Gasteiger partial charge in [0.2, 0.25) is 0 Å². The quantitative estimate of drug-likeness (QED) is 0.783. The van der Waals surface area contributed by atoms with Crippen LogP contribution in [0, 0.1) is 12.3 Å². The van der Waals surface area contributed by atoms with Gasteiger partial charge in [0, 0.05) is 5.02 Å². The number of rotatable bonds is 5. The summed E-state index contributed by atoms with van der Waals surface area (Å²) in [5, 5.41) is 4.28. The van der Waals surface area contributed by atoms with Crippen molar-refractivity contribution in [1.29, 1.82) is 0 Å². The van der Waals surface area contributed by atoms with Crippen molar-refractivity contribution < 1.29 is 0 Å². The Morgan fingerprint density at radius 1 is 1.29 bits per heavy atom. The van der Waals surface area contributed by atoms with Crippen LogP contribution in [0.2, 0.25) is 5.02 Å². The molecule has 2 heteroatoms. The van der Waals surface area contributed by atoms with Crippen molar-refractivity contribution in [3.05, 3.63) is 41.3 Å². The predicted molar refractivity (Wildman–Crippen MR) is 74.3 cm³/mol. The van der Waals surface area contributed by atoms with Crippen LogP contribution in [0.15, 0.2) is 24.3 Å². The lowest BCUT2D eigenvalue weighted by atomic mass is 9.93. The van der Waals surface area contributed by atoms with Crippen molar-refractivity contribution in [2.75, 3.05) is 13.1 Å². The maximum absolute atomic E-state index is 5.97. The third-order valence-electron chi connectivity index (χ3n) is 3.44. The van der Waals surface area contributed by atoms with Crippen LogP contribution in [0.3, 0.4) is 0 Å². The minimum absolute atomic E-state index is 0.855. The van der Waals surface area contributed by atoms with Gasteiger partial charge < -0.3 is 5.32 Å². The zero-order chi connectivity index (χ0) is 11.9. The Kier molecular flexibility index (Phi) is 5.34. The van der Waals surface area contributed by atoms with E-state index in [2.05, 4.69) is 23.9 Å². The summed E-state index contributed by atoms with van der Waals surface area (Å²) >= 11 is 5.97. The molecule has 1 heterocycles. The number of unbranched alkanes of at least 4 members (excludes halogenated alkanes) is 1. The Morgan fingerprint density at radius 2 is 2.24 bits per heavy atom. The van der Waals surface area contributed by atoms with E-state index in [4.69, 9.17) is 11.6 Å². The molecule has 0 bridgehead atoms. The maximum Gasteiger partial charge on any atom is 0.0408 e. The number of aryl methyl sites for hydroxylation is 1. The van der Waals surface area contributed by atoms with Gasteiger partial charge in [0.25, 0.3) is 0 Å². The van der Waals surface area contributed by atoms with Crippen molar-refractivity contribution in [3.63, 3.8) is 0 Å². The number of halogens is 1. The Balaban J connectivity index is 1.62. The molecule has 1 radical (unpaired) electrons. The average Bonchev–Trinajstić information content (AvgIpc) is 2.36. The highest BCUT2D eigenvalue weighted by Crippen LogP contribution is 2.18. The van der Waals surface area contributed by atoms with Crippen molar-refractivity contribution in [2.24, 2.45) is 5.92 Å². The Labute approximate surface area is 110 Å². The summed E-state index contributed by atoms with van der Waals surface area (Å²) in [7, 11) is 0. The van der Waals surface area contributed by atoms with E-state index in [0.717, 1.165) is 23.9 Å². The van der Waals surface area contributed by atoms with Crippen molar-refractivity contribution in [3.8, 4) is 0 Å². The maximum atomic E-state index is 5.97. The molecule has 0 aliphatic carbocycles. The lowest BCUT2D eigenvalue weighted by Crippen LogP contribution is -2.30. The van der Waals surface area contributed by atoms with Crippen LogP contribution in [0.1, 0.15) is 31.2 Å². The molecule has 1 fully saturated rings. The summed E-state index contributed by atoms with van der Waals surface area (Å²) in [6.45, 7) is 2.30. The van der Waals surface area contributed by atoms with E-state index in [1.807, 2.05) is 12.1 Å². The SMILES string of the molecule is Clc1cccc(CCCCC2C[CH]CNC2)c1. The largest absolute Gasteiger partial charge is 0.316 e. The number of hydrogen-bond acceptors (Lipinski definition) is 1. The molecule has 2 rings (SSSR count). The van der Waals surface area contributed by atoms with E-state index in [1.165, 1.54) is 37.8 Å². The van der Waals surface area contributed by atoms with Gasteiger partial charge in [-0.05, 0) is 68.8 Å². The zero-order valence-corrected chi connectivity index (χ0v) is 11.0. The molecule has 0 saturated carbocycles. The van der Waals surface area contributed by atoms with Crippen LogP contribution in [-0.4, -0.2) is 13.1 Å². The third kappa shape index (κ3) is 4.69. The molecule has 1 saturated heterocycles. The van der Waals surface area contributed by atoms with Crippen molar-refractivity contribution >= 4 is 11.6 Å². The molecule has 1 atom stereocenters. The molecule has 1 aliphatic rings. The zero-order valence-electron chi connectivity index (χ0n) is 10.3. The Morgan fingerprint density at radius 3 is 3.00 bits per heavy atom. The molecule has 1 unspecified atom stereocenters. The van der Waals surface area contributed by atoms with Gasteiger partial charge in [-0.1, -0.05) is 30.2 Å². The van der Waals surface area contributed by atoms with E-state index in [0.29, 0.717) is 0 Å². The minimum atomic E-state index is 0.855. The Bertz CT molecular complexity index is 331. The number of hydrogen-bond donors (Lipinski definition) is 1. The van der Waals surface area contributed by atoms with Gasteiger partial charge in [-0.3, -0.25) is 0 Å². The first kappa shape index (κ1) is 12.9. The lowest BCUT2D eigenvalue weighted by molar-refractivity contribution is 0.393. The molecule has 17 heavy (non-hydrogen) atoms. The number of piperidine rings is 1. The van der Waals surface area contributed by atoms with E-state index in [9.17, 15) is 0 Å². The van der Waals surface area contributed by atoms with Gasteiger partial charge in [-0.2, -0.15) is 0 Å². The second-order valence-corrected chi connectivity index (χ2v) is 5.36. The highest BCUT2D eigenvalue weighted by Gasteiger charge is 2.11. The monoisotopic (exact) mass is 250 g/mol. The molecular weight excluding hydrogens is 230 g/mol. The Hall–Kier alpha value is -0.530. The first-order valence-electron chi connectivity index (χ1n) is 6.61. The van der Waals surface area contributed by atoms with E-state index >= 15 is 0 Å². The van der Waals surface area contributed by atoms with Crippen LogP contribution in [0.4, 0.5) is 0 Å². The second-order valence-electron chi connectivity index (χ2n) is 4.92. The van der Waals surface area contributed by atoms with Crippen LogP contribution >= 0.6 is 11.6 Å². The molecule has 93 valence electrons. The molecule has 0 amide bonds. The number of benzene rings is 1. The summed E-state index contributed by atoms with van der Waals surface area (Å²) in [5.41, 5.74) is 1.37. The molecule has 1 N–H and O–H groups in total. The van der Waals surface area contributed by atoms with Crippen molar-refractivity contribution in [1.82, 2.24) is 5.32 Å². The van der Waals surface area contributed by atoms with Crippen LogP contribution in [0.5, 0.6) is 0 Å². The summed E-state index contributed by atoms with van der Waals surface area (Å²) < 4.78 is 0. The summed E-state index contributed by atoms with van der Waals surface area (Å²) in [6, 6.07) is 8.23. The van der Waals surface area contributed by atoms with Crippen LogP contribution < -0.4 is 5.32 Å². The van der Waals surface area contributed by atoms with Crippen LogP contribution in [-0.2, 0) is 6.42 Å². The fourth-order valence-electron chi connectivity index (χ4n) is 2.47. The van der Waals surface area contributed by atoms with Gasteiger partial charge in [0.05, 0.1) is 0 Å². The molecular formula is C15H21ClN. The highest BCUT2D eigenvalue weighted by atomic mass is 35.5. The van der Waals surface area contributed by atoms with Gasteiger partial charge >= 0.3 is 0 Å². The van der Waals surface area contributed by atoms with Gasteiger partial charge in [0.1, 0.15) is 0 Å². The summed E-state index contributed by atoms with van der Waals surface area (Å²) in [5.74, 6) is 0.864. The topological polar surface area (TPSA) is 12.0 Å². The second kappa shape index (κ2) is 7.03. The molecule has 1 nitrogen and oxygen atoms in total. The van der Waals surface area contributed by atoms with Gasteiger partial charge in [0.15, 0.2) is 0 Å². The summed E-state index contributed by atoms with van der Waals surface area (Å²) in [6.07, 6.45) is 8.77. The number of nitrogens with one attached hydrogen (secondary N) is 1. The predicted octanol–water partition coefficient (Wildman–Crippen LogP) is 3.87. The van der Waals surface area contributed by atoms with E-state index in [1.54, 1.807) is 0 Å². The highest BCUT2D eigenvalue weighted by molar-refractivity contribution is 6.30. The summed E-state index contributed by atoms with van der Waals surface area (Å²) in [4.78, 5) is 0. The molecule has 0 aromatic heterocycles. The molecule has 1 aliphatic heterocycles. The van der Waals surface area contributed by atoms with E-state index in [-0.39, 0.29) is 0 Å². The fourth-order valence-corrected chi connectivity index (χ4v) is 2.68. The van der Waals surface area contributed by atoms with Gasteiger partial charge in [-0.15, -0.1) is 0 Å². The fraction of sp³-hybridized carbons (Fsp3) is 0.533. The van der Waals surface area contributed by atoms with E-state index < -0.39 is 0 Å². The average molecular weight is 251 g/mol. The standard InChI is InChI=1S/C15H21ClN/c16-15-9-3-7-13(11-15)5-1-2-6-14-8-4-10-17-12-14/h3-4,7,9,11,14,17H,1-2,5-6,8,10,12H2. The molecule has 0 spiro atoms. The smallest absolute Gasteiger partial charge is 0.0408 e. The first-order valence-corrected chi connectivity index (χ1v) is 6.99. The molecule has 1 aromatic rings. The molecule has 1 aromatic carbocycles. The van der Waals surface area contributed by atoms with Crippen molar-refractivity contribution in [2.45, 2.75) is 32.1 Å².